The third-order valence-corrected chi connectivity index (χ3v) is 4.00. The van der Waals surface area contributed by atoms with E-state index in [1.54, 1.807) is 0 Å². The molecule has 4 nitrogen and oxygen atoms in total. The van der Waals surface area contributed by atoms with Crippen LogP contribution in [0.25, 0.3) is 0 Å². The van der Waals surface area contributed by atoms with Crippen molar-refractivity contribution in [3.05, 3.63) is 17.8 Å². The Balaban J connectivity index is 1.67. The number of nitrogens with zero attached hydrogens (tertiary/aromatic N) is 2. The second-order valence-corrected chi connectivity index (χ2v) is 5.45. The third kappa shape index (κ3) is 2.86. The predicted molar refractivity (Wildman–Crippen MR) is 70.5 cm³/mol. The zero-order valence-electron chi connectivity index (χ0n) is 11.2. The first-order valence-electron chi connectivity index (χ1n) is 7.15. The van der Waals surface area contributed by atoms with Gasteiger partial charge >= 0.3 is 0 Å². The van der Waals surface area contributed by atoms with Gasteiger partial charge in [-0.1, -0.05) is 6.92 Å². The summed E-state index contributed by atoms with van der Waals surface area (Å²) in [6.07, 6.45) is 6.79. The molecule has 1 aromatic rings. The zero-order chi connectivity index (χ0) is 13.2. The highest BCUT2D eigenvalue weighted by Crippen LogP contribution is 2.38. The third-order valence-electron chi connectivity index (χ3n) is 4.00. The number of aryl methyl sites for hydroxylation is 1. The first kappa shape index (κ1) is 12.8. The van der Waals surface area contributed by atoms with Crippen LogP contribution in [0.15, 0.2) is 6.33 Å². The van der Waals surface area contributed by atoms with E-state index in [-0.39, 0.29) is 11.9 Å². The first-order valence-corrected chi connectivity index (χ1v) is 7.15. The molecule has 2 heterocycles. The molecule has 2 aliphatic rings. The molecule has 5 heteroatoms. The molecular weight excluding hydrogens is 245 g/mol. The lowest BCUT2D eigenvalue weighted by molar-refractivity contribution is -0.00228. The van der Waals surface area contributed by atoms with Gasteiger partial charge in [0.15, 0.2) is 11.6 Å². The van der Waals surface area contributed by atoms with E-state index in [0.717, 1.165) is 25.4 Å². The topological polar surface area (TPSA) is 47.0 Å². The van der Waals surface area contributed by atoms with Crippen LogP contribution in [-0.2, 0) is 11.2 Å². The van der Waals surface area contributed by atoms with Crippen molar-refractivity contribution in [3.8, 4) is 0 Å². The first-order chi connectivity index (χ1) is 9.28. The minimum absolute atomic E-state index is 0.258. The molecule has 0 radical (unpaired) electrons. The molecule has 1 N–H and O–H groups in total. The maximum atomic E-state index is 14.1. The van der Waals surface area contributed by atoms with Gasteiger partial charge in [-0.3, -0.25) is 0 Å². The van der Waals surface area contributed by atoms with Crippen molar-refractivity contribution in [2.24, 2.45) is 5.92 Å². The number of halogens is 1. The van der Waals surface area contributed by atoms with Gasteiger partial charge in [0.25, 0.3) is 0 Å². The molecule has 0 aromatic carbocycles. The number of rotatable bonds is 4. The lowest BCUT2D eigenvalue weighted by atomic mass is 10.00. The Morgan fingerprint density at radius 1 is 1.37 bits per heavy atom. The lowest BCUT2D eigenvalue weighted by Gasteiger charge is -2.30. The molecule has 1 saturated heterocycles. The summed E-state index contributed by atoms with van der Waals surface area (Å²) in [7, 11) is 0. The van der Waals surface area contributed by atoms with E-state index < -0.39 is 0 Å². The Hall–Kier alpha value is -1.23. The fraction of sp³-hybridized carbons (Fsp3) is 0.714. The van der Waals surface area contributed by atoms with Crippen LogP contribution in [0.3, 0.4) is 0 Å². The summed E-state index contributed by atoms with van der Waals surface area (Å²) in [5.74, 6) is 0.763. The Morgan fingerprint density at radius 3 is 2.95 bits per heavy atom. The molecule has 2 unspecified atom stereocenters. The fourth-order valence-corrected chi connectivity index (χ4v) is 2.70. The summed E-state index contributed by atoms with van der Waals surface area (Å²) in [5.41, 5.74) is 0.475. The molecule has 1 aliphatic carbocycles. The van der Waals surface area contributed by atoms with Crippen molar-refractivity contribution in [3.63, 3.8) is 0 Å². The van der Waals surface area contributed by atoms with Crippen LogP contribution in [0, 0.1) is 11.7 Å². The van der Waals surface area contributed by atoms with Crippen LogP contribution in [0.2, 0.25) is 0 Å². The van der Waals surface area contributed by atoms with Gasteiger partial charge in [-0.2, -0.15) is 0 Å². The molecule has 0 amide bonds. The number of anilines is 1. The van der Waals surface area contributed by atoms with Crippen molar-refractivity contribution < 1.29 is 9.13 Å². The predicted octanol–water partition coefficient (Wildman–Crippen LogP) is 2.55. The zero-order valence-corrected chi connectivity index (χ0v) is 11.2. The van der Waals surface area contributed by atoms with Crippen molar-refractivity contribution in [2.75, 3.05) is 11.9 Å². The molecule has 0 bridgehead atoms. The van der Waals surface area contributed by atoms with Crippen LogP contribution in [0.5, 0.6) is 0 Å². The highest BCUT2D eigenvalue weighted by molar-refractivity contribution is 5.38. The summed E-state index contributed by atoms with van der Waals surface area (Å²) in [6.45, 7) is 2.65. The molecule has 19 heavy (non-hydrogen) atoms. The summed E-state index contributed by atoms with van der Waals surface area (Å²) in [4.78, 5) is 7.98. The average Bonchev–Trinajstić information content (AvgIpc) is 3.26. The number of hydrogen-bond donors (Lipinski definition) is 1. The minimum Gasteiger partial charge on any atom is -0.378 e. The Kier molecular flexibility index (Phi) is 3.64. The highest BCUT2D eigenvalue weighted by atomic mass is 19.1. The van der Waals surface area contributed by atoms with Crippen molar-refractivity contribution in [1.29, 1.82) is 0 Å². The molecule has 2 fully saturated rings. The highest BCUT2D eigenvalue weighted by Gasteiger charge is 2.36. The molecule has 1 saturated carbocycles. The van der Waals surface area contributed by atoms with Gasteiger partial charge in [-0.15, -0.1) is 0 Å². The van der Waals surface area contributed by atoms with Gasteiger partial charge < -0.3 is 10.1 Å². The maximum absolute atomic E-state index is 14.1. The number of hydrogen-bond acceptors (Lipinski definition) is 4. The van der Waals surface area contributed by atoms with Crippen molar-refractivity contribution in [1.82, 2.24) is 9.97 Å². The number of nitrogens with one attached hydrogen (secondary N) is 1. The SMILES string of the molecule is CCc1ncnc(NC2CCOC(C3CC3)C2)c1F. The van der Waals surface area contributed by atoms with Crippen molar-refractivity contribution >= 4 is 5.82 Å². The fourth-order valence-electron chi connectivity index (χ4n) is 2.70. The molecule has 104 valence electrons. The van der Waals surface area contributed by atoms with Gasteiger partial charge in [-0.25, -0.2) is 14.4 Å². The minimum atomic E-state index is -0.306. The van der Waals surface area contributed by atoms with E-state index in [4.69, 9.17) is 4.74 Å². The largest absolute Gasteiger partial charge is 0.378 e. The Labute approximate surface area is 112 Å². The summed E-state index contributed by atoms with van der Waals surface area (Å²) in [5, 5.41) is 3.23. The van der Waals surface area contributed by atoms with E-state index in [9.17, 15) is 4.39 Å². The van der Waals surface area contributed by atoms with Gasteiger partial charge in [-0.05, 0) is 38.0 Å². The molecule has 0 spiro atoms. The lowest BCUT2D eigenvalue weighted by Crippen LogP contribution is -2.35. The van der Waals surface area contributed by atoms with E-state index in [0.29, 0.717) is 24.0 Å². The van der Waals surface area contributed by atoms with Crippen LogP contribution in [0.1, 0.15) is 38.3 Å². The molecular formula is C14H20FN3O. The molecule has 1 aromatic heterocycles. The molecule has 3 rings (SSSR count). The molecule has 1 aliphatic heterocycles. The Morgan fingerprint density at radius 2 is 2.21 bits per heavy atom. The van der Waals surface area contributed by atoms with E-state index in [1.165, 1.54) is 19.2 Å². The maximum Gasteiger partial charge on any atom is 0.186 e. The van der Waals surface area contributed by atoms with Crippen LogP contribution in [0.4, 0.5) is 10.2 Å². The number of ether oxygens (including phenoxy) is 1. The normalized spacial score (nSPS) is 27.3. The quantitative estimate of drug-likeness (QED) is 0.909. The second kappa shape index (κ2) is 5.41. The molecule has 2 atom stereocenters. The summed E-state index contributed by atoms with van der Waals surface area (Å²) >= 11 is 0. The van der Waals surface area contributed by atoms with Crippen LogP contribution in [-0.4, -0.2) is 28.7 Å². The van der Waals surface area contributed by atoms with Gasteiger partial charge in [0.05, 0.1) is 11.8 Å². The average molecular weight is 265 g/mol. The van der Waals surface area contributed by atoms with Gasteiger partial charge in [0, 0.05) is 12.6 Å². The monoisotopic (exact) mass is 265 g/mol. The smallest absolute Gasteiger partial charge is 0.186 e. The van der Waals surface area contributed by atoms with Crippen molar-refractivity contribution in [2.45, 2.75) is 51.2 Å². The van der Waals surface area contributed by atoms with E-state index in [2.05, 4.69) is 15.3 Å². The summed E-state index contributed by atoms with van der Waals surface area (Å²) in [6, 6.07) is 0.258. The van der Waals surface area contributed by atoms with Gasteiger partial charge in [0.1, 0.15) is 6.33 Å². The number of aromatic nitrogens is 2. The van der Waals surface area contributed by atoms with Gasteiger partial charge in [0.2, 0.25) is 0 Å². The van der Waals surface area contributed by atoms with Crippen LogP contribution < -0.4 is 5.32 Å². The standard InChI is InChI=1S/C14H20FN3O/c1-2-11-13(15)14(17-8-16-11)18-10-5-6-19-12(7-10)9-3-4-9/h8-10,12H,2-7H2,1H3,(H,16,17,18). The van der Waals surface area contributed by atoms with E-state index in [1.807, 2.05) is 6.92 Å². The Bertz CT molecular complexity index is 450. The summed E-state index contributed by atoms with van der Waals surface area (Å²) < 4.78 is 19.9. The van der Waals surface area contributed by atoms with E-state index >= 15 is 0 Å². The second-order valence-electron chi connectivity index (χ2n) is 5.45. The van der Waals surface area contributed by atoms with Crippen LogP contribution >= 0.6 is 0 Å².